The Bertz CT molecular complexity index is 1020. The second kappa shape index (κ2) is 45.4. The van der Waals surface area contributed by atoms with Gasteiger partial charge in [0.2, 0.25) is 5.91 Å². The minimum Gasteiger partial charge on any atom is -0.756 e. The maximum absolute atomic E-state index is 13.0. The van der Waals surface area contributed by atoms with Crippen molar-refractivity contribution < 1.29 is 32.9 Å². The van der Waals surface area contributed by atoms with E-state index < -0.39 is 20.0 Å². The standard InChI is InChI=1S/C53H107N2O6P/c1-6-8-10-12-14-16-18-20-22-24-26-27-28-29-31-33-35-37-39-41-43-45-47-53(57)54-51(50-61-62(58,59)60-49-48-55(3,4)5)52(56)46-44-42-40-38-36-34-32-30-25-23-21-19-17-15-13-11-9-7-2/h28-29,51-52,56H,6-27,30-50H2,1-5H3,(H-,54,57,58,59)/b29-28-. The van der Waals surface area contributed by atoms with Gasteiger partial charge < -0.3 is 28.8 Å². The van der Waals surface area contributed by atoms with E-state index in [1.54, 1.807) is 0 Å². The lowest BCUT2D eigenvalue weighted by Crippen LogP contribution is -2.46. The minimum absolute atomic E-state index is 0.0136. The number of phosphoric acid groups is 1. The number of quaternary nitrogens is 1. The number of carbonyl (C=O) groups excluding carboxylic acids is 1. The molecule has 0 spiro atoms. The monoisotopic (exact) mass is 899 g/mol. The van der Waals surface area contributed by atoms with Crippen molar-refractivity contribution in [2.45, 2.75) is 283 Å². The van der Waals surface area contributed by atoms with Crippen LogP contribution in [0.1, 0.15) is 271 Å². The molecule has 0 radical (unpaired) electrons. The molecule has 1 amide bonds. The molecule has 0 saturated heterocycles. The first kappa shape index (κ1) is 61.2. The summed E-state index contributed by atoms with van der Waals surface area (Å²) in [5.41, 5.74) is 0. The maximum Gasteiger partial charge on any atom is 0.268 e. The van der Waals surface area contributed by atoms with Gasteiger partial charge in [0.25, 0.3) is 7.82 Å². The van der Waals surface area contributed by atoms with Gasteiger partial charge in [0.15, 0.2) is 0 Å². The SMILES string of the molecule is CCCCCCCCCCCCC/C=C\CCCCCCCCCC(=O)NC(COP(=O)([O-])OCC[N+](C)(C)C)C(O)CCCCCCCCCCCCCCCCCCCC. The Labute approximate surface area is 386 Å². The predicted octanol–water partition coefficient (Wildman–Crippen LogP) is 15.2. The van der Waals surface area contributed by atoms with E-state index >= 15 is 0 Å². The highest BCUT2D eigenvalue weighted by Crippen LogP contribution is 2.38. The Balaban J connectivity index is 4.21. The molecular formula is C53H107N2O6P. The minimum atomic E-state index is -4.57. The van der Waals surface area contributed by atoms with Gasteiger partial charge in [-0.1, -0.05) is 238 Å². The molecule has 0 aliphatic rings. The normalized spacial score (nSPS) is 14.1. The lowest BCUT2D eigenvalue weighted by Gasteiger charge is -2.30. The van der Waals surface area contributed by atoms with Crippen molar-refractivity contribution in [2.24, 2.45) is 0 Å². The first-order valence-electron chi connectivity index (χ1n) is 27.0. The Kier molecular flexibility index (Phi) is 44.8. The molecule has 3 unspecified atom stereocenters. The van der Waals surface area contributed by atoms with E-state index in [1.165, 1.54) is 205 Å². The van der Waals surface area contributed by atoms with Crippen molar-refractivity contribution in [1.82, 2.24) is 5.32 Å². The van der Waals surface area contributed by atoms with Crippen LogP contribution in [0.4, 0.5) is 0 Å². The fourth-order valence-corrected chi connectivity index (χ4v) is 8.94. The molecular weight excluding hydrogens is 792 g/mol. The Hall–Kier alpha value is -0.760. The van der Waals surface area contributed by atoms with Crippen LogP contribution in [-0.4, -0.2) is 68.5 Å². The number of aliphatic hydroxyl groups excluding tert-OH is 1. The number of hydrogen-bond donors (Lipinski definition) is 2. The number of allylic oxidation sites excluding steroid dienone is 2. The fraction of sp³-hybridized carbons (Fsp3) is 0.943. The quantitative estimate of drug-likeness (QED) is 0.0272. The number of carbonyl (C=O) groups is 1. The van der Waals surface area contributed by atoms with Crippen molar-refractivity contribution in [3.63, 3.8) is 0 Å². The number of unbranched alkanes of at least 4 members (excludes halogenated alkanes) is 35. The Morgan fingerprint density at radius 1 is 0.548 bits per heavy atom. The Morgan fingerprint density at radius 3 is 1.26 bits per heavy atom. The number of phosphoric ester groups is 1. The van der Waals surface area contributed by atoms with E-state index in [1.807, 2.05) is 21.1 Å². The van der Waals surface area contributed by atoms with Crippen molar-refractivity contribution in [2.75, 3.05) is 40.9 Å². The summed E-state index contributed by atoms with van der Waals surface area (Å²) in [6.07, 6.45) is 53.7. The molecule has 3 atom stereocenters. The lowest BCUT2D eigenvalue weighted by atomic mass is 10.0. The van der Waals surface area contributed by atoms with Crippen molar-refractivity contribution in [3.05, 3.63) is 12.2 Å². The number of nitrogens with one attached hydrogen (secondary N) is 1. The van der Waals surface area contributed by atoms with E-state index in [-0.39, 0.29) is 19.1 Å². The second-order valence-electron chi connectivity index (χ2n) is 19.9. The predicted molar refractivity (Wildman–Crippen MR) is 266 cm³/mol. The molecule has 0 aliphatic heterocycles. The van der Waals surface area contributed by atoms with E-state index in [0.717, 1.165) is 38.5 Å². The zero-order valence-corrected chi connectivity index (χ0v) is 43.0. The first-order valence-corrected chi connectivity index (χ1v) is 28.5. The van der Waals surface area contributed by atoms with Gasteiger partial charge >= 0.3 is 0 Å². The van der Waals surface area contributed by atoms with Crippen LogP contribution in [0.2, 0.25) is 0 Å². The van der Waals surface area contributed by atoms with Crippen LogP contribution in [0.15, 0.2) is 12.2 Å². The smallest absolute Gasteiger partial charge is 0.268 e. The molecule has 62 heavy (non-hydrogen) atoms. The highest BCUT2D eigenvalue weighted by atomic mass is 31.2. The zero-order chi connectivity index (χ0) is 45.7. The number of likely N-dealkylation sites (N-methyl/N-ethyl adjacent to an activating group) is 1. The van der Waals surface area contributed by atoms with Gasteiger partial charge in [-0.05, 0) is 38.5 Å². The van der Waals surface area contributed by atoms with Crippen molar-refractivity contribution >= 4 is 13.7 Å². The molecule has 0 fully saturated rings. The van der Waals surface area contributed by atoms with Gasteiger partial charge in [-0.3, -0.25) is 9.36 Å². The third kappa shape index (κ3) is 47.2. The summed E-state index contributed by atoms with van der Waals surface area (Å²) in [6.45, 7) is 4.76. The summed E-state index contributed by atoms with van der Waals surface area (Å²) in [6, 6.07) is -0.800. The molecule has 2 N–H and O–H groups in total. The lowest BCUT2D eigenvalue weighted by molar-refractivity contribution is -0.870. The summed E-state index contributed by atoms with van der Waals surface area (Å²) >= 11 is 0. The molecule has 8 nitrogen and oxygen atoms in total. The first-order chi connectivity index (χ1) is 30.0. The summed E-state index contributed by atoms with van der Waals surface area (Å²) in [7, 11) is 1.31. The van der Waals surface area contributed by atoms with Crippen LogP contribution in [0, 0.1) is 0 Å². The molecule has 0 aromatic rings. The number of rotatable bonds is 50. The third-order valence-electron chi connectivity index (χ3n) is 12.5. The van der Waals surface area contributed by atoms with Crippen LogP contribution >= 0.6 is 7.82 Å². The summed E-state index contributed by atoms with van der Waals surface area (Å²) in [5.74, 6) is -0.165. The number of amides is 1. The molecule has 0 rings (SSSR count). The summed E-state index contributed by atoms with van der Waals surface area (Å²) < 4.78 is 23.4. The van der Waals surface area contributed by atoms with Crippen LogP contribution < -0.4 is 10.2 Å². The highest BCUT2D eigenvalue weighted by Gasteiger charge is 2.24. The van der Waals surface area contributed by atoms with Gasteiger partial charge in [-0.2, -0.15) is 0 Å². The number of nitrogens with zero attached hydrogens (tertiary/aromatic N) is 1. The average molecular weight is 899 g/mol. The molecule has 0 bridgehead atoms. The summed E-state index contributed by atoms with van der Waals surface area (Å²) in [5, 5.41) is 14.0. The maximum atomic E-state index is 13.0. The number of hydrogen-bond acceptors (Lipinski definition) is 6. The molecule has 0 heterocycles. The van der Waals surface area contributed by atoms with Gasteiger partial charge in [0.05, 0.1) is 39.9 Å². The zero-order valence-electron chi connectivity index (χ0n) is 42.1. The highest BCUT2D eigenvalue weighted by molar-refractivity contribution is 7.45. The average Bonchev–Trinajstić information content (AvgIpc) is 3.23. The molecule has 370 valence electrons. The van der Waals surface area contributed by atoms with Gasteiger partial charge in [-0.25, -0.2) is 0 Å². The van der Waals surface area contributed by atoms with Gasteiger partial charge in [0.1, 0.15) is 13.2 Å². The van der Waals surface area contributed by atoms with E-state index in [9.17, 15) is 19.4 Å². The fourth-order valence-electron chi connectivity index (χ4n) is 8.21. The van der Waals surface area contributed by atoms with Crippen LogP contribution in [0.3, 0.4) is 0 Å². The topological polar surface area (TPSA) is 108 Å². The molecule has 0 aliphatic carbocycles. The number of aliphatic hydroxyl groups is 1. The van der Waals surface area contributed by atoms with Crippen molar-refractivity contribution in [1.29, 1.82) is 0 Å². The molecule has 0 aromatic carbocycles. The largest absolute Gasteiger partial charge is 0.756 e. The third-order valence-corrected chi connectivity index (χ3v) is 13.5. The van der Waals surface area contributed by atoms with Gasteiger partial charge in [0, 0.05) is 6.42 Å². The van der Waals surface area contributed by atoms with E-state index in [0.29, 0.717) is 23.9 Å². The molecule has 0 aromatic heterocycles. The molecule has 0 saturated carbocycles. The van der Waals surface area contributed by atoms with Crippen molar-refractivity contribution in [3.8, 4) is 0 Å². The second-order valence-corrected chi connectivity index (χ2v) is 21.4. The summed E-state index contributed by atoms with van der Waals surface area (Å²) in [4.78, 5) is 25.5. The van der Waals surface area contributed by atoms with Crippen LogP contribution in [0.25, 0.3) is 0 Å². The van der Waals surface area contributed by atoms with Crippen LogP contribution in [0.5, 0.6) is 0 Å². The van der Waals surface area contributed by atoms with Crippen LogP contribution in [-0.2, 0) is 18.4 Å². The Morgan fingerprint density at radius 2 is 0.887 bits per heavy atom. The van der Waals surface area contributed by atoms with Gasteiger partial charge in [-0.15, -0.1) is 0 Å². The van der Waals surface area contributed by atoms with E-state index in [4.69, 9.17) is 9.05 Å². The van der Waals surface area contributed by atoms with E-state index in [2.05, 4.69) is 31.3 Å². The molecule has 9 heteroatoms.